The van der Waals surface area contributed by atoms with Crippen LogP contribution in [-0.4, -0.2) is 33.9 Å². The Bertz CT molecular complexity index is 441. The van der Waals surface area contributed by atoms with Crippen LogP contribution in [0.2, 0.25) is 0 Å². The highest BCUT2D eigenvalue weighted by molar-refractivity contribution is 6.68. The van der Waals surface area contributed by atoms with Gasteiger partial charge in [0.15, 0.2) is 0 Å². The van der Waals surface area contributed by atoms with Crippen molar-refractivity contribution in [1.29, 1.82) is 0 Å². The lowest BCUT2D eigenvalue weighted by atomic mass is 10.1. The van der Waals surface area contributed by atoms with Crippen molar-refractivity contribution in [3.05, 3.63) is 35.9 Å². The summed E-state index contributed by atoms with van der Waals surface area (Å²) >= 11 is 18.1. The van der Waals surface area contributed by atoms with Crippen LogP contribution in [0.5, 0.6) is 0 Å². The largest absolute Gasteiger partial charge is 0.332 e. The summed E-state index contributed by atoms with van der Waals surface area (Å²) in [4.78, 5) is 14.3. The van der Waals surface area contributed by atoms with Crippen LogP contribution in [0.25, 0.3) is 0 Å². The third kappa shape index (κ3) is 4.26. The van der Waals surface area contributed by atoms with Gasteiger partial charge in [-0.2, -0.15) is 0 Å². The maximum absolute atomic E-state index is 12.2. The number of carbonyl (C=O) groups is 1. The first kappa shape index (κ1) is 15.9. The third-order valence-electron chi connectivity index (χ3n) is 3.37. The summed E-state index contributed by atoms with van der Waals surface area (Å²) in [6.07, 6.45) is 2.67. The van der Waals surface area contributed by atoms with Gasteiger partial charge in [-0.1, -0.05) is 59.4 Å². The van der Waals surface area contributed by atoms with Crippen LogP contribution in [0.3, 0.4) is 0 Å². The van der Waals surface area contributed by atoms with Crippen molar-refractivity contribution >= 4 is 40.7 Å². The quantitative estimate of drug-likeness (QED) is 0.856. The molecule has 0 saturated carbocycles. The van der Waals surface area contributed by atoms with E-state index in [1.165, 1.54) is 6.42 Å². The maximum atomic E-state index is 12.2. The number of amides is 1. The number of alkyl halides is 3. The third-order valence-corrected chi connectivity index (χ3v) is 3.99. The predicted molar refractivity (Wildman–Crippen MR) is 83.4 cm³/mol. The molecule has 1 atom stereocenters. The van der Waals surface area contributed by atoms with Crippen LogP contribution in [-0.2, 0) is 0 Å². The number of rotatable bonds is 3. The highest BCUT2D eigenvalue weighted by atomic mass is 35.6. The molecule has 1 amide bonds. The van der Waals surface area contributed by atoms with Gasteiger partial charge in [0.05, 0.1) is 0 Å². The molecule has 2 rings (SSSR count). The van der Waals surface area contributed by atoms with E-state index in [9.17, 15) is 4.79 Å². The van der Waals surface area contributed by atoms with E-state index < -0.39 is 9.96 Å². The Hall–Kier alpha value is -0.480. The van der Waals surface area contributed by atoms with Gasteiger partial charge in [-0.05, 0) is 25.0 Å². The van der Waals surface area contributed by atoms with Crippen LogP contribution in [0, 0.1) is 0 Å². The van der Waals surface area contributed by atoms with Gasteiger partial charge >= 0.3 is 0 Å². The molecule has 0 aromatic heterocycles. The van der Waals surface area contributed by atoms with E-state index in [0.29, 0.717) is 5.56 Å². The molecule has 1 aliphatic rings. The number of likely N-dealkylation sites (tertiary alicyclic amines) is 1. The normalized spacial score (nSPS) is 18.6. The summed E-state index contributed by atoms with van der Waals surface area (Å²) in [5.41, 5.74) is 0.559. The number of hydrogen-bond acceptors (Lipinski definition) is 2. The fourth-order valence-electron chi connectivity index (χ4n) is 2.35. The van der Waals surface area contributed by atoms with Crippen LogP contribution in [0.4, 0.5) is 0 Å². The molecule has 1 aromatic carbocycles. The first-order valence-electron chi connectivity index (χ1n) is 6.65. The number of benzene rings is 1. The van der Waals surface area contributed by atoms with Gasteiger partial charge in [0.1, 0.15) is 6.17 Å². The molecule has 110 valence electrons. The minimum absolute atomic E-state index is 0.229. The highest BCUT2D eigenvalue weighted by Gasteiger charge is 2.38. The van der Waals surface area contributed by atoms with E-state index in [1.807, 2.05) is 11.0 Å². The Balaban J connectivity index is 2.10. The van der Waals surface area contributed by atoms with E-state index >= 15 is 0 Å². The Labute approximate surface area is 134 Å². The minimum atomic E-state index is -1.55. The summed E-state index contributed by atoms with van der Waals surface area (Å²) in [6.45, 7) is 1.65. The molecule has 0 aliphatic carbocycles. The summed E-state index contributed by atoms with van der Waals surface area (Å²) in [6, 6.07) is 8.94. The number of nitrogens with zero attached hydrogens (tertiary/aromatic N) is 1. The maximum Gasteiger partial charge on any atom is 0.252 e. The van der Waals surface area contributed by atoms with Crippen LogP contribution < -0.4 is 5.32 Å². The topological polar surface area (TPSA) is 32.3 Å². The van der Waals surface area contributed by atoms with Crippen molar-refractivity contribution < 1.29 is 4.79 Å². The molecule has 0 bridgehead atoms. The SMILES string of the molecule is O=C(NC(N1CCCCC1)C(Cl)(Cl)Cl)c1ccccc1. The molecule has 1 unspecified atom stereocenters. The molecular formula is C14H17Cl3N2O. The number of halogens is 3. The lowest BCUT2D eigenvalue weighted by Gasteiger charge is -2.38. The number of carbonyl (C=O) groups excluding carboxylic acids is 1. The van der Waals surface area contributed by atoms with E-state index in [4.69, 9.17) is 34.8 Å². The van der Waals surface area contributed by atoms with Gasteiger partial charge in [0, 0.05) is 18.7 Å². The molecule has 1 aliphatic heterocycles. The lowest BCUT2D eigenvalue weighted by Crippen LogP contribution is -2.56. The number of piperidine rings is 1. The fraction of sp³-hybridized carbons (Fsp3) is 0.500. The Morgan fingerprint density at radius 1 is 1.10 bits per heavy atom. The Kier molecular flexibility index (Phi) is 5.56. The molecule has 3 nitrogen and oxygen atoms in total. The standard InChI is InChI=1S/C14H17Cl3N2O/c15-14(16,17)13(19-9-5-2-6-10-19)18-12(20)11-7-3-1-4-8-11/h1,3-4,7-8,13H,2,5-6,9-10H2,(H,18,20). The summed E-state index contributed by atoms with van der Waals surface area (Å²) in [5, 5.41) is 2.83. The molecule has 1 aromatic rings. The predicted octanol–water partition coefficient (Wildman–Crippen LogP) is 3.60. The summed E-state index contributed by atoms with van der Waals surface area (Å²) in [5.74, 6) is -0.229. The highest BCUT2D eigenvalue weighted by Crippen LogP contribution is 2.33. The van der Waals surface area contributed by atoms with Gasteiger partial charge in [0.2, 0.25) is 3.79 Å². The van der Waals surface area contributed by atoms with Gasteiger partial charge in [-0.25, -0.2) is 0 Å². The second kappa shape index (κ2) is 6.99. The van der Waals surface area contributed by atoms with Gasteiger partial charge in [-0.3, -0.25) is 9.69 Å². The molecule has 0 spiro atoms. The lowest BCUT2D eigenvalue weighted by molar-refractivity contribution is 0.0819. The average Bonchev–Trinajstić information content (AvgIpc) is 2.45. The van der Waals surface area contributed by atoms with Gasteiger partial charge < -0.3 is 5.32 Å². The zero-order valence-corrected chi connectivity index (χ0v) is 13.3. The molecule has 1 heterocycles. The van der Waals surface area contributed by atoms with E-state index in [0.717, 1.165) is 25.9 Å². The molecular weight excluding hydrogens is 319 g/mol. The van der Waals surface area contributed by atoms with Crippen molar-refractivity contribution in [3.8, 4) is 0 Å². The first-order chi connectivity index (χ1) is 9.48. The fourth-order valence-corrected chi connectivity index (χ4v) is 2.93. The van der Waals surface area contributed by atoms with E-state index in [2.05, 4.69) is 5.32 Å². The van der Waals surface area contributed by atoms with Crippen molar-refractivity contribution in [3.63, 3.8) is 0 Å². The molecule has 1 fully saturated rings. The van der Waals surface area contributed by atoms with Crippen molar-refractivity contribution in [2.45, 2.75) is 29.2 Å². The molecule has 6 heteroatoms. The molecule has 1 N–H and O–H groups in total. The molecule has 20 heavy (non-hydrogen) atoms. The van der Waals surface area contributed by atoms with Gasteiger partial charge in [0.25, 0.3) is 5.91 Å². The van der Waals surface area contributed by atoms with Crippen LogP contribution >= 0.6 is 34.8 Å². The van der Waals surface area contributed by atoms with Crippen LogP contribution in [0.15, 0.2) is 30.3 Å². The van der Waals surface area contributed by atoms with E-state index in [-0.39, 0.29) is 5.91 Å². The Morgan fingerprint density at radius 3 is 2.25 bits per heavy atom. The molecule has 0 radical (unpaired) electrons. The number of nitrogens with one attached hydrogen (secondary N) is 1. The second-order valence-electron chi connectivity index (χ2n) is 4.88. The second-order valence-corrected chi connectivity index (χ2v) is 7.25. The van der Waals surface area contributed by atoms with Gasteiger partial charge in [-0.15, -0.1) is 0 Å². The van der Waals surface area contributed by atoms with Crippen molar-refractivity contribution in [2.75, 3.05) is 13.1 Å². The molecule has 1 saturated heterocycles. The van der Waals surface area contributed by atoms with E-state index in [1.54, 1.807) is 24.3 Å². The summed E-state index contributed by atoms with van der Waals surface area (Å²) < 4.78 is -1.55. The average molecular weight is 336 g/mol. The first-order valence-corrected chi connectivity index (χ1v) is 7.78. The summed E-state index contributed by atoms with van der Waals surface area (Å²) in [7, 11) is 0. The van der Waals surface area contributed by atoms with Crippen LogP contribution in [0.1, 0.15) is 29.6 Å². The Morgan fingerprint density at radius 2 is 1.70 bits per heavy atom. The monoisotopic (exact) mass is 334 g/mol. The zero-order valence-electron chi connectivity index (χ0n) is 11.0. The van der Waals surface area contributed by atoms with Crippen molar-refractivity contribution in [2.24, 2.45) is 0 Å². The zero-order chi connectivity index (χ0) is 14.6. The van der Waals surface area contributed by atoms with Crippen molar-refractivity contribution in [1.82, 2.24) is 10.2 Å². The smallest absolute Gasteiger partial charge is 0.252 e. The number of hydrogen-bond donors (Lipinski definition) is 1. The minimum Gasteiger partial charge on any atom is -0.332 e.